The van der Waals surface area contributed by atoms with E-state index in [0.29, 0.717) is 18.3 Å². The minimum atomic E-state index is 0.262. The monoisotopic (exact) mass is 487 g/mol. The molecule has 1 heterocycles. The molecule has 10 heteroatoms. The summed E-state index contributed by atoms with van der Waals surface area (Å²) >= 11 is 1.56. The molecule has 1 aromatic heterocycles. The van der Waals surface area contributed by atoms with Crippen LogP contribution in [0.3, 0.4) is 0 Å². The van der Waals surface area contributed by atoms with Gasteiger partial charge in [-0.15, -0.1) is 0 Å². The third-order valence-electron chi connectivity index (χ3n) is 4.57. The topological polar surface area (TPSA) is 105 Å². The van der Waals surface area contributed by atoms with E-state index in [0.717, 1.165) is 33.9 Å². The van der Waals surface area contributed by atoms with Crippen LogP contribution in [0.5, 0.6) is 0 Å². The van der Waals surface area contributed by atoms with E-state index in [1.807, 2.05) is 69.8 Å². The molecule has 0 bridgehead atoms. The normalized spacial score (nSPS) is 13.4. The van der Waals surface area contributed by atoms with Gasteiger partial charge in [-0.3, -0.25) is 9.36 Å². The number of anilines is 1. The fraction of sp³-hybridized carbons (Fsp3) is 0.417. The number of hydrazine groups is 1. The molecule has 3 rings (SSSR count). The first-order valence-electron chi connectivity index (χ1n) is 11.3. The predicted molar refractivity (Wildman–Crippen MR) is 140 cm³/mol. The van der Waals surface area contributed by atoms with E-state index >= 15 is 0 Å². The van der Waals surface area contributed by atoms with Crippen LogP contribution in [-0.4, -0.2) is 42.1 Å². The van der Waals surface area contributed by atoms with Crippen molar-refractivity contribution in [3.8, 4) is 0 Å². The number of carbonyl (C=O) groups is 1. The SMILES string of the molecule is C=CN=c1cc(Sc2ccc(NC)cc2)nc(/N=C(\C)NNC)n1C.CC.O=COC1CCC1. The van der Waals surface area contributed by atoms with Crippen molar-refractivity contribution in [3.05, 3.63) is 48.6 Å². The van der Waals surface area contributed by atoms with Gasteiger partial charge in [0.2, 0.25) is 5.95 Å². The Hall–Kier alpha value is -3.11. The molecule has 2 aromatic rings. The van der Waals surface area contributed by atoms with Gasteiger partial charge in [-0.2, -0.15) is 4.99 Å². The van der Waals surface area contributed by atoms with Crippen molar-refractivity contribution in [1.29, 1.82) is 0 Å². The molecule has 0 saturated heterocycles. The third-order valence-corrected chi connectivity index (χ3v) is 5.50. The first kappa shape index (κ1) is 28.9. The van der Waals surface area contributed by atoms with Crippen molar-refractivity contribution in [1.82, 2.24) is 20.4 Å². The van der Waals surface area contributed by atoms with Crippen LogP contribution < -0.4 is 21.7 Å². The Morgan fingerprint density at radius 1 is 1.26 bits per heavy atom. The molecular weight excluding hydrogens is 450 g/mol. The predicted octanol–water partition coefficient (Wildman–Crippen LogP) is 4.17. The summed E-state index contributed by atoms with van der Waals surface area (Å²) in [6.45, 7) is 10.1. The van der Waals surface area contributed by atoms with Crippen molar-refractivity contribution in [2.75, 3.05) is 19.4 Å². The van der Waals surface area contributed by atoms with E-state index in [4.69, 9.17) is 0 Å². The van der Waals surface area contributed by atoms with Gasteiger partial charge in [0.25, 0.3) is 6.47 Å². The number of carbonyl (C=O) groups excluding carboxylic acids is 1. The highest BCUT2D eigenvalue weighted by atomic mass is 32.2. The van der Waals surface area contributed by atoms with E-state index < -0.39 is 0 Å². The number of rotatable bonds is 8. The highest BCUT2D eigenvalue weighted by Gasteiger charge is 2.17. The minimum Gasteiger partial charge on any atom is -0.465 e. The smallest absolute Gasteiger partial charge is 0.293 e. The molecule has 1 aromatic carbocycles. The van der Waals surface area contributed by atoms with E-state index in [1.165, 1.54) is 12.6 Å². The van der Waals surface area contributed by atoms with Crippen molar-refractivity contribution >= 4 is 35.7 Å². The maximum absolute atomic E-state index is 9.59. The second kappa shape index (κ2) is 16.5. The van der Waals surface area contributed by atoms with Crippen LogP contribution in [0.4, 0.5) is 11.6 Å². The molecule has 34 heavy (non-hydrogen) atoms. The summed E-state index contributed by atoms with van der Waals surface area (Å²) in [6.07, 6.45) is 5.13. The van der Waals surface area contributed by atoms with Crippen molar-refractivity contribution in [2.45, 2.75) is 56.1 Å². The van der Waals surface area contributed by atoms with Crippen LogP contribution in [0.2, 0.25) is 0 Å². The fourth-order valence-electron chi connectivity index (χ4n) is 2.64. The molecule has 3 N–H and O–H groups in total. The Balaban J connectivity index is 0.000000540. The number of benzene rings is 1. The van der Waals surface area contributed by atoms with Crippen molar-refractivity contribution in [3.63, 3.8) is 0 Å². The number of amidine groups is 1. The number of hydrogen-bond donors (Lipinski definition) is 3. The van der Waals surface area contributed by atoms with Crippen LogP contribution in [-0.2, 0) is 16.6 Å². The number of aromatic nitrogens is 2. The number of nitrogens with one attached hydrogen (secondary N) is 3. The average molecular weight is 488 g/mol. The van der Waals surface area contributed by atoms with Gasteiger partial charge in [-0.05, 0) is 50.5 Å². The van der Waals surface area contributed by atoms with Gasteiger partial charge in [0.05, 0.1) is 0 Å². The molecule has 0 aliphatic heterocycles. The van der Waals surface area contributed by atoms with Gasteiger partial charge in [0.1, 0.15) is 22.5 Å². The molecule has 1 aliphatic carbocycles. The van der Waals surface area contributed by atoms with Gasteiger partial charge >= 0.3 is 0 Å². The molecule has 0 atom stereocenters. The fourth-order valence-corrected chi connectivity index (χ4v) is 3.45. The lowest BCUT2D eigenvalue weighted by Crippen LogP contribution is -2.32. The maximum atomic E-state index is 9.59. The quantitative estimate of drug-likeness (QED) is 0.169. The van der Waals surface area contributed by atoms with E-state index in [2.05, 4.69) is 42.5 Å². The summed E-state index contributed by atoms with van der Waals surface area (Å²) in [7, 11) is 5.55. The highest BCUT2D eigenvalue weighted by Crippen LogP contribution is 2.27. The van der Waals surface area contributed by atoms with Gasteiger partial charge in [0, 0.05) is 44.0 Å². The third kappa shape index (κ3) is 9.80. The lowest BCUT2D eigenvalue weighted by atomic mass is 9.96. The highest BCUT2D eigenvalue weighted by molar-refractivity contribution is 7.99. The number of hydrogen-bond acceptors (Lipinski definition) is 8. The molecule has 1 fully saturated rings. The first-order chi connectivity index (χ1) is 16.5. The van der Waals surface area contributed by atoms with E-state index in [-0.39, 0.29) is 6.10 Å². The average Bonchev–Trinajstić information content (AvgIpc) is 2.82. The summed E-state index contributed by atoms with van der Waals surface area (Å²) in [5.74, 6) is 1.26. The lowest BCUT2D eigenvalue weighted by molar-refractivity contribution is -0.137. The molecule has 1 aliphatic rings. The second-order valence-electron chi connectivity index (χ2n) is 6.86. The summed E-state index contributed by atoms with van der Waals surface area (Å²) in [5.41, 5.74) is 7.58. The molecule has 0 radical (unpaired) electrons. The standard InChI is InChI=1S/C17H23N7S.C5H8O2.C2H6/c1-6-20-15-11-16(25-14-9-7-13(18-3)8-10-14)22-17(24(15)5)21-12(2)23-19-4;6-4-7-5-2-1-3-5;1-2/h6-11,18-19H,1H2,2-5H3,(H,21,22,23);4-5H,1-3H2;1-2H3. The zero-order valence-electron chi connectivity index (χ0n) is 21.0. The zero-order valence-corrected chi connectivity index (χ0v) is 21.8. The Morgan fingerprint density at radius 3 is 2.41 bits per heavy atom. The Bertz CT molecular complexity index is 984. The Morgan fingerprint density at radius 2 is 1.94 bits per heavy atom. The molecule has 0 unspecified atom stereocenters. The van der Waals surface area contributed by atoms with Crippen LogP contribution in [0.25, 0.3) is 0 Å². The summed E-state index contributed by atoms with van der Waals surface area (Å²) in [4.78, 5) is 24.1. The van der Waals surface area contributed by atoms with Crippen LogP contribution >= 0.6 is 11.8 Å². The first-order valence-corrected chi connectivity index (χ1v) is 12.1. The van der Waals surface area contributed by atoms with Crippen LogP contribution in [0.15, 0.2) is 63.0 Å². The molecule has 0 amide bonds. The summed E-state index contributed by atoms with van der Waals surface area (Å²) < 4.78 is 6.41. The van der Waals surface area contributed by atoms with Crippen LogP contribution in [0, 0.1) is 0 Å². The molecular formula is C24H37N7O2S. The molecule has 186 valence electrons. The van der Waals surface area contributed by atoms with E-state index in [1.54, 1.807) is 18.8 Å². The number of nitrogens with zero attached hydrogens (tertiary/aromatic N) is 4. The van der Waals surface area contributed by atoms with E-state index in [9.17, 15) is 4.79 Å². The van der Waals surface area contributed by atoms with Crippen LogP contribution in [0.1, 0.15) is 40.0 Å². The molecule has 9 nitrogen and oxygen atoms in total. The van der Waals surface area contributed by atoms with Gasteiger partial charge < -0.3 is 15.5 Å². The number of aliphatic imine (C=N–C) groups is 1. The van der Waals surface area contributed by atoms with Crippen molar-refractivity contribution < 1.29 is 9.53 Å². The largest absolute Gasteiger partial charge is 0.465 e. The second-order valence-corrected chi connectivity index (χ2v) is 7.95. The summed E-state index contributed by atoms with van der Waals surface area (Å²) in [5, 5.41) is 3.92. The maximum Gasteiger partial charge on any atom is 0.293 e. The minimum absolute atomic E-state index is 0.262. The van der Waals surface area contributed by atoms with Gasteiger partial charge in [-0.1, -0.05) is 32.2 Å². The zero-order chi connectivity index (χ0) is 25.3. The number of ether oxygens (including phenoxy) is 1. The Kier molecular flexibility index (Phi) is 14.0. The molecule has 0 spiro atoms. The van der Waals surface area contributed by atoms with Gasteiger partial charge in [-0.25, -0.2) is 15.4 Å². The van der Waals surface area contributed by atoms with Gasteiger partial charge in [0.15, 0.2) is 0 Å². The van der Waals surface area contributed by atoms with Crippen molar-refractivity contribution in [2.24, 2.45) is 17.0 Å². The Labute approximate surface area is 206 Å². The molecule has 1 saturated carbocycles. The lowest BCUT2D eigenvalue weighted by Gasteiger charge is -2.22. The summed E-state index contributed by atoms with van der Waals surface area (Å²) in [6, 6.07) is 10.1.